The van der Waals surface area contributed by atoms with Crippen molar-refractivity contribution in [2.45, 2.75) is 24.8 Å². The first-order chi connectivity index (χ1) is 8.17. The molecule has 0 aliphatic carbocycles. The van der Waals surface area contributed by atoms with E-state index >= 15 is 0 Å². The molecular weight excluding hydrogens is 234 g/mol. The summed E-state index contributed by atoms with van der Waals surface area (Å²) in [6, 6.07) is 8.00. The Morgan fingerprint density at radius 1 is 1.53 bits per heavy atom. The van der Waals surface area contributed by atoms with Crippen LogP contribution in [0.1, 0.15) is 12.5 Å². The summed E-state index contributed by atoms with van der Waals surface area (Å²) < 4.78 is 4.99. The van der Waals surface area contributed by atoms with Gasteiger partial charge in [-0.3, -0.25) is 4.79 Å². The zero-order chi connectivity index (χ0) is 12.7. The van der Waals surface area contributed by atoms with Crippen LogP contribution in [0.25, 0.3) is 0 Å². The lowest BCUT2D eigenvalue weighted by atomic mass is 10.2. The van der Waals surface area contributed by atoms with Crippen molar-refractivity contribution >= 4 is 17.7 Å². The molecule has 0 fully saturated rings. The number of hydrogen-bond acceptors (Lipinski definition) is 4. The maximum absolute atomic E-state index is 11.6. The molecule has 0 saturated heterocycles. The summed E-state index contributed by atoms with van der Waals surface area (Å²) >= 11 is 1.66. The van der Waals surface area contributed by atoms with Gasteiger partial charge in [0.05, 0.1) is 6.61 Å². The molecule has 0 aliphatic rings. The third-order valence-electron chi connectivity index (χ3n) is 2.33. The molecule has 1 unspecified atom stereocenters. The number of carbonyl (C=O) groups is 1. The Hall–Kier alpha value is -1.00. The molecule has 0 radical (unpaired) electrons. The highest BCUT2D eigenvalue weighted by molar-refractivity contribution is 7.99. The minimum absolute atomic E-state index is 0.185. The van der Waals surface area contributed by atoms with Gasteiger partial charge in [0.1, 0.15) is 6.04 Å². The molecule has 0 bridgehead atoms. The molecule has 1 rings (SSSR count). The fourth-order valence-electron chi connectivity index (χ4n) is 1.40. The van der Waals surface area contributed by atoms with Crippen LogP contribution in [-0.4, -0.2) is 31.4 Å². The quantitative estimate of drug-likeness (QED) is 0.623. The van der Waals surface area contributed by atoms with E-state index in [9.17, 15) is 4.79 Å². The van der Waals surface area contributed by atoms with Crippen molar-refractivity contribution in [3.05, 3.63) is 29.8 Å². The number of nitrogens with one attached hydrogen (secondary N) is 1. The van der Waals surface area contributed by atoms with Crippen molar-refractivity contribution in [1.82, 2.24) is 5.32 Å². The number of benzene rings is 1. The third-order valence-corrected chi connectivity index (χ3v) is 3.41. The lowest BCUT2D eigenvalue weighted by molar-refractivity contribution is -0.144. The van der Waals surface area contributed by atoms with E-state index in [2.05, 4.69) is 30.4 Å². The monoisotopic (exact) mass is 253 g/mol. The van der Waals surface area contributed by atoms with Crippen LogP contribution in [0.15, 0.2) is 29.2 Å². The van der Waals surface area contributed by atoms with Crippen molar-refractivity contribution in [2.75, 3.05) is 19.4 Å². The average Bonchev–Trinajstić information content (AvgIpc) is 2.30. The predicted octanol–water partition coefficient (Wildman–Crippen LogP) is 2.24. The summed E-state index contributed by atoms with van der Waals surface area (Å²) in [5.41, 5.74) is 1.23. The van der Waals surface area contributed by atoms with Crippen molar-refractivity contribution < 1.29 is 9.53 Å². The Morgan fingerprint density at radius 2 is 2.29 bits per heavy atom. The maximum Gasteiger partial charge on any atom is 0.323 e. The second-order valence-corrected chi connectivity index (χ2v) is 4.81. The number of carbonyl (C=O) groups excluding carboxylic acids is 1. The van der Waals surface area contributed by atoms with Gasteiger partial charge in [0.2, 0.25) is 0 Å². The summed E-state index contributed by atoms with van der Waals surface area (Å²) in [6.45, 7) is 4.30. The maximum atomic E-state index is 11.6. The summed E-state index contributed by atoms with van der Waals surface area (Å²) in [4.78, 5) is 12.7. The molecule has 0 spiro atoms. The van der Waals surface area contributed by atoms with E-state index in [1.165, 1.54) is 10.5 Å². The Morgan fingerprint density at radius 3 is 2.88 bits per heavy atom. The Kier molecular flexibility index (Phi) is 6.08. The number of likely N-dealkylation sites (N-methyl/N-ethyl adjacent to an activating group) is 1. The summed E-state index contributed by atoms with van der Waals surface area (Å²) in [6.07, 6.45) is 0. The van der Waals surface area contributed by atoms with Gasteiger partial charge in [0.25, 0.3) is 0 Å². The minimum atomic E-state index is -0.250. The number of esters is 1. The number of hydrogen-bond donors (Lipinski definition) is 1. The smallest absolute Gasteiger partial charge is 0.323 e. The number of aryl methyl sites for hydroxylation is 1. The van der Waals surface area contributed by atoms with Crippen LogP contribution in [0, 0.1) is 6.92 Å². The molecule has 1 aromatic carbocycles. The van der Waals surface area contributed by atoms with Gasteiger partial charge in [0.15, 0.2) is 0 Å². The SMILES string of the molecule is CCOC(=O)C(CSc1cccc(C)c1)NC. The number of rotatable bonds is 6. The van der Waals surface area contributed by atoms with Crippen LogP contribution in [0.4, 0.5) is 0 Å². The molecule has 1 N–H and O–H groups in total. The first-order valence-corrected chi connectivity index (χ1v) is 6.69. The van der Waals surface area contributed by atoms with Crippen LogP contribution >= 0.6 is 11.8 Å². The van der Waals surface area contributed by atoms with Crippen LogP contribution in [0.3, 0.4) is 0 Å². The first kappa shape index (κ1) is 14.1. The van der Waals surface area contributed by atoms with Crippen LogP contribution < -0.4 is 5.32 Å². The zero-order valence-corrected chi connectivity index (χ0v) is 11.3. The van der Waals surface area contributed by atoms with Crippen LogP contribution in [-0.2, 0) is 9.53 Å². The second kappa shape index (κ2) is 7.35. The molecule has 0 amide bonds. The summed E-state index contributed by atoms with van der Waals surface area (Å²) in [5, 5.41) is 2.98. The van der Waals surface area contributed by atoms with Gasteiger partial charge in [-0.2, -0.15) is 0 Å². The summed E-state index contributed by atoms with van der Waals surface area (Å²) in [5.74, 6) is 0.494. The highest BCUT2D eigenvalue weighted by atomic mass is 32.2. The van der Waals surface area contributed by atoms with E-state index in [4.69, 9.17) is 4.74 Å². The lowest BCUT2D eigenvalue weighted by Gasteiger charge is -2.14. The summed E-state index contributed by atoms with van der Waals surface area (Å²) in [7, 11) is 1.78. The van der Waals surface area contributed by atoms with Gasteiger partial charge in [-0.15, -0.1) is 11.8 Å². The molecule has 0 aliphatic heterocycles. The van der Waals surface area contributed by atoms with Gasteiger partial charge in [-0.1, -0.05) is 17.7 Å². The predicted molar refractivity (Wildman–Crippen MR) is 71.4 cm³/mol. The molecule has 17 heavy (non-hydrogen) atoms. The van der Waals surface area contributed by atoms with Gasteiger partial charge in [-0.25, -0.2) is 0 Å². The van der Waals surface area contributed by atoms with E-state index in [0.29, 0.717) is 12.4 Å². The van der Waals surface area contributed by atoms with Crippen molar-refractivity contribution in [2.24, 2.45) is 0 Å². The molecule has 1 aromatic rings. The standard InChI is InChI=1S/C13H19NO2S/c1-4-16-13(15)12(14-3)9-17-11-7-5-6-10(2)8-11/h5-8,12,14H,4,9H2,1-3H3. The first-order valence-electron chi connectivity index (χ1n) is 5.70. The zero-order valence-electron chi connectivity index (χ0n) is 10.5. The highest BCUT2D eigenvalue weighted by Gasteiger charge is 2.17. The van der Waals surface area contributed by atoms with E-state index in [0.717, 1.165) is 0 Å². The average molecular weight is 253 g/mol. The van der Waals surface area contributed by atoms with Gasteiger partial charge < -0.3 is 10.1 Å². The van der Waals surface area contributed by atoms with Gasteiger partial charge >= 0.3 is 5.97 Å². The molecular formula is C13H19NO2S. The number of thioether (sulfide) groups is 1. The normalized spacial score (nSPS) is 12.2. The van der Waals surface area contributed by atoms with Crippen molar-refractivity contribution in [1.29, 1.82) is 0 Å². The fourth-order valence-corrected chi connectivity index (χ4v) is 2.50. The molecule has 0 saturated carbocycles. The molecule has 0 heterocycles. The van der Waals surface area contributed by atoms with E-state index < -0.39 is 0 Å². The third kappa shape index (κ3) is 4.79. The van der Waals surface area contributed by atoms with E-state index in [1.54, 1.807) is 18.8 Å². The molecule has 94 valence electrons. The fraction of sp³-hybridized carbons (Fsp3) is 0.462. The van der Waals surface area contributed by atoms with Gasteiger partial charge in [0, 0.05) is 10.6 Å². The van der Waals surface area contributed by atoms with Crippen molar-refractivity contribution in [3.63, 3.8) is 0 Å². The Bertz CT molecular complexity index is 368. The minimum Gasteiger partial charge on any atom is -0.465 e. The van der Waals surface area contributed by atoms with E-state index in [1.807, 2.05) is 13.0 Å². The molecule has 3 nitrogen and oxygen atoms in total. The van der Waals surface area contributed by atoms with Crippen LogP contribution in [0.2, 0.25) is 0 Å². The van der Waals surface area contributed by atoms with Crippen LogP contribution in [0.5, 0.6) is 0 Å². The topological polar surface area (TPSA) is 38.3 Å². The van der Waals surface area contributed by atoms with Crippen molar-refractivity contribution in [3.8, 4) is 0 Å². The van der Waals surface area contributed by atoms with Gasteiger partial charge in [-0.05, 0) is 33.0 Å². The largest absolute Gasteiger partial charge is 0.465 e. The molecule has 1 atom stereocenters. The van der Waals surface area contributed by atoms with E-state index in [-0.39, 0.29) is 12.0 Å². The molecule has 0 aromatic heterocycles. The Balaban J connectivity index is 2.50. The second-order valence-electron chi connectivity index (χ2n) is 3.72. The number of ether oxygens (including phenoxy) is 1. The highest BCUT2D eigenvalue weighted by Crippen LogP contribution is 2.19. The molecule has 4 heteroatoms. The lowest BCUT2D eigenvalue weighted by Crippen LogP contribution is -2.37. The Labute approximate surface area is 107 Å².